The Balaban J connectivity index is 1.26. The molecule has 1 aromatic carbocycles. The van der Waals surface area contributed by atoms with Crippen molar-refractivity contribution in [2.45, 2.75) is 31.5 Å². The van der Waals surface area contributed by atoms with Gasteiger partial charge in [-0.2, -0.15) is 0 Å². The van der Waals surface area contributed by atoms with E-state index in [1.807, 2.05) is 29.3 Å². The van der Waals surface area contributed by atoms with Gasteiger partial charge < -0.3 is 14.4 Å². The molecule has 2 aliphatic rings. The van der Waals surface area contributed by atoms with Crippen LogP contribution in [0.5, 0.6) is 5.75 Å². The minimum atomic E-state index is -0.294. The van der Waals surface area contributed by atoms with E-state index in [0.717, 1.165) is 38.2 Å². The molecule has 2 fully saturated rings. The van der Waals surface area contributed by atoms with Crippen LogP contribution < -0.4 is 4.74 Å². The monoisotopic (exact) mass is 399 g/mol. The molecule has 1 amide bonds. The summed E-state index contributed by atoms with van der Waals surface area (Å²) < 4.78 is 24.4. The third-order valence-corrected chi connectivity index (χ3v) is 5.52. The predicted octanol–water partition coefficient (Wildman–Crippen LogP) is 2.49. The molecule has 7 heteroatoms. The molecule has 0 bridgehead atoms. The Labute approximate surface area is 170 Å². The zero-order valence-corrected chi connectivity index (χ0v) is 16.4. The zero-order chi connectivity index (χ0) is 20.1. The number of ether oxygens (including phenoxy) is 2. The quantitative estimate of drug-likeness (QED) is 0.747. The van der Waals surface area contributed by atoms with Crippen LogP contribution in [-0.2, 0) is 16.1 Å². The largest absolute Gasteiger partial charge is 0.491 e. The summed E-state index contributed by atoms with van der Waals surface area (Å²) in [5.41, 5.74) is 1.08. The number of halogens is 1. The Kier molecular flexibility index (Phi) is 6.36. The molecule has 0 N–H and O–H groups in total. The summed E-state index contributed by atoms with van der Waals surface area (Å²) in [6, 6.07) is 12.1. The maximum absolute atomic E-state index is 13.0. The molecule has 2 aromatic rings. The van der Waals surface area contributed by atoms with E-state index in [4.69, 9.17) is 9.47 Å². The highest BCUT2D eigenvalue weighted by Gasteiger charge is 2.33. The van der Waals surface area contributed by atoms with E-state index in [-0.39, 0.29) is 30.5 Å². The van der Waals surface area contributed by atoms with Crippen molar-refractivity contribution in [1.29, 1.82) is 0 Å². The van der Waals surface area contributed by atoms with E-state index < -0.39 is 0 Å². The van der Waals surface area contributed by atoms with Crippen molar-refractivity contribution < 1.29 is 18.7 Å². The summed E-state index contributed by atoms with van der Waals surface area (Å²) in [6.45, 7) is 3.70. The van der Waals surface area contributed by atoms with Crippen molar-refractivity contribution >= 4 is 5.91 Å². The summed E-state index contributed by atoms with van der Waals surface area (Å²) in [4.78, 5) is 21.2. The first-order chi connectivity index (χ1) is 14.2. The molecule has 154 valence electrons. The average Bonchev–Trinajstić information content (AvgIpc) is 2.76. The van der Waals surface area contributed by atoms with Gasteiger partial charge in [0.25, 0.3) is 0 Å². The highest BCUT2D eigenvalue weighted by molar-refractivity contribution is 5.78. The van der Waals surface area contributed by atoms with Crippen molar-refractivity contribution in [3.8, 4) is 5.75 Å². The number of hydrogen-bond donors (Lipinski definition) is 0. The Morgan fingerprint density at radius 3 is 2.66 bits per heavy atom. The molecule has 6 nitrogen and oxygen atoms in total. The molecule has 0 unspecified atom stereocenters. The highest BCUT2D eigenvalue weighted by atomic mass is 19.1. The smallest absolute Gasteiger partial charge is 0.248 e. The van der Waals surface area contributed by atoms with E-state index in [2.05, 4.69) is 9.88 Å². The lowest BCUT2D eigenvalue weighted by atomic mass is 10.0. The number of carbonyl (C=O) groups excluding carboxylic acids is 1. The summed E-state index contributed by atoms with van der Waals surface area (Å²) in [5, 5.41) is 0. The molecule has 29 heavy (non-hydrogen) atoms. The van der Waals surface area contributed by atoms with Gasteiger partial charge in [0.15, 0.2) is 0 Å². The van der Waals surface area contributed by atoms with E-state index in [1.54, 1.807) is 12.1 Å². The summed E-state index contributed by atoms with van der Waals surface area (Å²) in [6.07, 6.45) is 3.54. The number of pyridine rings is 1. The first-order valence-electron chi connectivity index (χ1n) is 10.1. The molecule has 3 heterocycles. The second-order valence-corrected chi connectivity index (χ2v) is 7.57. The number of carbonyl (C=O) groups is 1. The van der Waals surface area contributed by atoms with Gasteiger partial charge in [0.1, 0.15) is 30.9 Å². The van der Waals surface area contributed by atoms with Crippen molar-refractivity contribution in [2.75, 3.05) is 32.8 Å². The number of nitrogens with zero attached hydrogens (tertiary/aromatic N) is 3. The van der Waals surface area contributed by atoms with E-state index in [9.17, 15) is 9.18 Å². The molecular weight excluding hydrogens is 373 g/mol. The number of hydrogen-bond acceptors (Lipinski definition) is 5. The minimum Gasteiger partial charge on any atom is -0.491 e. The molecule has 2 saturated heterocycles. The number of morpholine rings is 1. The number of benzene rings is 1. The van der Waals surface area contributed by atoms with Crippen molar-refractivity contribution in [1.82, 2.24) is 14.8 Å². The van der Waals surface area contributed by atoms with Crippen LogP contribution in [0, 0.1) is 5.82 Å². The molecule has 1 aromatic heterocycles. The molecular formula is C22H26FN3O3. The number of likely N-dealkylation sites (tertiary alicyclic amines) is 1. The lowest BCUT2D eigenvalue weighted by molar-refractivity contribution is -0.155. The summed E-state index contributed by atoms with van der Waals surface area (Å²) in [5.74, 6) is 0.352. The number of rotatable bonds is 6. The second-order valence-electron chi connectivity index (χ2n) is 7.57. The molecule has 0 aliphatic carbocycles. The van der Waals surface area contributed by atoms with Crippen LogP contribution in [-0.4, -0.2) is 65.7 Å². The fourth-order valence-corrected chi connectivity index (χ4v) is 3.93. The van der Waals surface area contributed by atoms with Crippen LogP contribution >= 0.6 is 0 Å². The SMILES string of the molecule is O=C1CO[C@@H](COc2ccc(F)cc2)CN1C1CCN(Cc2ccccn2)CC1. The van der Waals surface area contributed by atoms with Crippen LogP contribution in [0.2, 0.25) is 0 Å². The maximum Gasteiger partial charge on any atom is 0.248 e. The van der Waals surface area contributed by atoms with Gasteiger partial charge >= 0.3 is 0 Å². The van der Waals surface area contributed by atoms with E-state index in [0.29, 0.717) is 18.9 Å². The molecule has 1 atom stereocenters. The molecule has 2 aliphatic heterocycles. The first-order valence-corrected chi connectivity index (χ1v) is 10.1. The Morgan fingerprint density at radius 1 is 1.14 bits per heavy atom. The van der Waals surface area contributed by atoms with Crippen LogP contribution in [0.3, 0.4) is 0 Å². The fraction of sp³-hybridized carbons (Fsp3) is 0.455. The minimum absolute atomic E-state index is 0.0474. The van der Waals surface area contributed by atoms with Crippen LogP contribution in [0.15, 0.2) is 48.7 Å². The normalized spacial score (nSPS) is 21.3. The van der Waals surface area contributed by atoms with E-state index in [1.165, 1.54) is 12.1 Å². The summed E-state index contributed by atoms with van der Waals surface area (Å²) in [7, 11) is 0. The third-order valence-electron chi connectivity index (χ3n) is 5.52. The average molecular weight is 399 g/mol. The van der Waals surface area contributed by atoms with Gasteiger partial charge in [-0.25, -0.2) is 4.39 Å². The number of aromatic nitrogens is 1. The third kappa shape index (κ3) is 5.31. The standard InChI is InChI=1S/C22H26FN3O3/c23-17-4-6-20(7-5-17)28-15-21-14-26(22(27)16-29-21)19-8-11-25(12-9-19)13-18-3-1-2-10-24-18/h1-7,10,19,21H,8-9,11-16H2/t21-/m1/s1. The van der Waals surface area contributed by atoms with Gasteiger partial charge in [0.2, 0.25) is 5.91 Å². The van der Waals surface area contributed by atoms with E-state index >= 15 is 0 Å². The second kappa shape index (κ2) is 9.33. The van der Waals surface area contributed by atoms with Crippen LogP contribution in [0.4, 0.5) is 4.39 Å². The van der Waals surface area contributed by atoms with Gasteiger partial charge in [0, 0.05) is 31.9 Å². The number of piperidine rings is 1. The Bertz CT molecular complexity index is 795. The zero-order valence-electron chi connectivity index (χ0n) is 16.4. The number of amides is 1. The molecule has 4 rings (SSSR count). The van der Waals surface area contributed by atoms with Crippen LogP contribution in [0.25, 0.3) is 0 Å². The summed E-state index contributed by atoms with van der Waals surface area (Å²) >= 11 is 0. The first kappa shape index (κ1) is 19.8. The molecule has 0 spiro atoms. The maximum atomic E-state index is 13.0. The lowest BCUT2D eigenvalue weighted by Crippen LogP contribution is -2.55. The topological polar surface area (TPSA) is 54.9 Å². The van der Waals surface area contributed by atoms with Crippen LogP contribution in [0.1, 0.15) is 18.5 Å². The molecule has 0 saturated carbocycles. The van der Waals surface area contributed by atoms with Gasteiger partial charge in [-0.15, -0.1) is 0 Å². The highest BCUT2D eigenvalue weighted by Crippen LogP contribution is 2.22. The lowest BCUT2D eigenvalue weighted by Gasteiger charge is -2.42. The van der Waals surface area contributed by atoms with Gasteiger partial charge in [-0.1, -0.05) is 6.07 Å². The Morgan fingerprint density at radius 2 is 1.93 bits per heavy atom. The van der Waals surface area contributed by atoms with Crippen molar-refractivity contribution in [3.05, 3.63) is 60.2 Å². The fourth-order valence-electron chi connectivity index (χ4n) is 3.93. The molecule has 0 radical (unpaired) electrons. The van der Waals surface area contributed by atoms with Gasteiger partial charge in [-0.05, 0) is 49.2 Å². The van der Waals surface area contributed by atoms with Gasteiger partial charge in [0.05, 0.1) is 12.2 Å². The van der Waals surface area contributed by atoms with Crippen molar-refractivity contribution in [2.24, 2.45) is 0 Å². The predicted molar refractivity (Wildman–Crippen MR) is 106 cm³/mol. The Hall–Kier alpha value is -2.51. The van der Waals surface area contributed by atoms with Gasteiger partial charge in [-0.3, -0.25) is 14.7 Å². The van der Waals surface area contributed by atoms with Crippen molar-refractivity contribution in [3.63, 3.8) is 0 Å².